The quantitative estimate of drug-likeness (QED) is 0.714. The largest absolute Gasteiger partial charge is 0.376 e. The highest BCUT2D eigenvalue weighted by Crippen LogP contribution is 2.12. The van der Waals surface area contributed by atoms with Gasteiger partial charge in [0.05, 0.1) is 12.7 Å². The van der Waals surface area contributed by atoms with Crippen LogP contribution < -0.4 is 0 Å². The third-order valence-corrected chi connectivity index (χ3v) is 5.28. The molecule has 3 rings (SSSR count). The van der Waals surface area contributed by atoms with Crippen molar-refractivity contribution in [2.75, 3.05) is 52.5 Å². The Morgan fingerprint density at radius 3 is 2.81 bits per heavy atom. The number of benzene rings is 1. The van der Waals surface area contributed by atoms with Crippen LogP contribution in [0.25, 0.3) is 0 Å². The van der Waals surface area contributed by atoms with E-state index in [0.29, 0.717) is 6.61 Å². The summed E-state index contributed by atoms with van der Waals surface area (Å²) in [5.74, 6) is 0.120. The molecular weight excluding hydrogens is 328 g/mol. The molecule has 2 aliphatic heterocycles. The Bertz CT molecular complexity index is 531. The molecule has 1 aromatic carbocycles. The third-order valence-electron chi connectivity index (χ3n) is 5.28. The highest BCUT2D eigenvalue weighted by molar-refractivity contribution is 5.77. The minimum absolute atomic E-state index is 0.120. The van der Waals surface area contributed by atoms with E-state index in [1.165, 1.54) is 12.0 Å². The van der Waals surface area contributed by atoms with Crippen LogP contribution in [0.5, 0.6) is 0 Å². The monoisotopic (exact) mass is 360 g/mol. The van der Waals surface area contributed by atoms with E-state index >= 15 is 0 Å². The van der Waals surface area contributed by atoms with E-state index in [4.69, 9.17) is 9.47 Å². The normalized spacial score (nSPS) is 21.7. The summed E-state index contributed by atoms with van der Waals surface area (Å²) in [7, 11) is 0. The lowest BCUT2D eigenvalue weighted by atomic mass is 10.1. The number of nitrogens with zero attached hydrogens (tertiary/aromatic N) is 2. The average Bonchev–Trinajstić information content (AvgIpc) is 3.07. The molecule has 144 valence electrons. The van der Waals surface area contributed by atoms with Crippen molar-refractivity contribution in [1.29, 1.82) is 0 Å². The van der Waals surface area contributed by atoms with E-state index in [9.17, 15) is 4.79 Å². The molecule has 0 aromatic heterocycles. The molecular formula is C21H32N2O3. The van der Waals surface area contributed by atoms with Crippen LogP contribution in [0.3, 0.4) is 0 Å². The number of ether oxygens (including phenoxy) is 2. The number of carbonyl (C=O) groups is 1. The molecule has 0 bridgehead atoms. The maximum absolute atomic E-state index is 12.4. The molecule has 2 saturated heterocycles. The maximum Gasteiger partial charge on any atom is 0.248 e. The SMILES string of the molecule is O=C(COC[C@@H]1CCCO1)N1CCCN(CCCc2ccccc2)CC1. The average molecular weight is 360 g/mol. The first-order valence-corrected chi connectivity index (χ1v) is 10.0. The van der Waals surface area contributed by atoms with Crippen LogP contribution in [0.1, 0.15) is 31.2 Å². The number of amides is 1. The van der Waals surface area contributed by atoms with Crippen LogP contribution in [0.4, 0.5) is 0 Å². The number of rotatable bonds is 8. The highest BCUT2D eigenvalue weighted by atomic mass is 16.5. The maximum atomic E-state index is 12.4. The number of aryl methyl sites for hydroxylation is 1. The first-order chi connectivity index (χ1) is 12.8. The van der Waals surface area contributed by atoms with Crippen molar-refractivity contribution in [1.82, 2.24) is 9.80 Å². The third kappa shape index (κ3) is 6.38. The molecule has 0 N–H and O–H groups in total. The minimum Gasteiger partial charge on any atom is -0.376 e. The van der Waals surface area contributed by atoms with Crippen molar-refractivity contribution in [2.24, 2.45) is 0 Å². The Labute approximate surface area is 157 Å². The van der Waals surface area contributed by atoms with Gasteiger partial charge in [0.25, 0.3) is 0 Å². The zero-order chi connectivity index (χ0) is 18.0. The molecule has 5 nitrogen and oxygen atoms in total. The van der Waals surface area contributed by atoms with Crippen molar-refractivity contribution in [2.45, 2.75) is 38.2 Å². The lowest BCUT2D eigenvalue weighted by molar-refractivity contribution is -0.137. The summed E-state index contributed by atoms with van der Waals surface area (Å²) in [6, 6.07) is 10.7. The minimum atomic E-state index is 0.120. The van der Waals surface area contributed by atoms with E-state index in [1.54, 1.807) is 0 Å². The fourth-order valence-corrected chi connectivity index (χ4v) is 3.74. The Morgan fingerprint density at radius 2 is 2.00 bits per heavy atom. The second-order valence-corrected chi connectivity index (χ2v) is 7.32. The zero-order valence-electron chi connectivity index (χ0n) is 15.8. The highest BCUT2D eigenvalue weighted by Gasteiger charge is 2.20. The predicted octanol–water partition coefficient (Wildman–Crippen LogP) is 2.35. The van der Waals surface area contributed by atoms with Crippen LogP contribution in [0.2, 0.25) is 0 Å². The summed E-state index contributed by atoms with van der Waals surface area (Å²) in [4.78, 5) is 16.8. The fourth-order valence-electron chi connectivity index (χ4n) is 3.74. The molecule has 0 radical (unpaired) electrons. The van der Waals surface area contributed by atoms with Crippen molar-refractivity contribution in [3.05, 3.63) is 35.9 Å². The summed E-state index contributed by atoms with van der Waals surface area (Å²) in [6.07, 6.45) is 5.68. The molecule has 0 spiro atoms. The van der Waals surface area contributed by atoms with Gasteiger partial charge in [0.15, 0.2) is 0 Å². The van der Waals surface area contributed by atoms with E-state index in [1.807, 2.05) is 4.90 Å². The lowest BCUT2D eigenvalue weighted by Gasteiger charge is -2.22. The van der Waals surface area contributed by atoms with Crippen LogP contribution in [-0.2, 0) is 20.7 Å². The van der Waals surface area contributed by atoms with Gasteiger partial charge in [-0.3, -0.25) is 4.79 Å². The molecule has 5 heteroatoms. The fraction of sp³-hybridized carbons (Fsp3) is 0.667. The first kappa shape index (κ1) is 19.3. The van der Waals surface area contributed by atoms with Gasteiger partial charge >= 0.3 is 0 Å². The topological polar surface area (TPSA) is 42.0 Å². The van der Waals surface area contributed by atoms with E-state index in [2.05, 4.69) is 35.2 Å². The Kier molecular flexibility index (Phi) is 7.92. The molecule has 1 aromatic rings. The van der Waals surface area contributed by atoms with Gasteiger partial charge in [-0.2, -0.15) is 0 Å². The summed E-state index contributed by atoms with van der Waals surface area (Å²) in [5.41, 5.74) is 1.41. The van der Waals surface area contributed by atoms with Crippen molar-refractivity contribution in [3.63, 3.8) is 0 Å². The Hall–Kier alpha value is -1.43. The molecule has 26 heavy (non-hydrogen) atoms. The number of hydrogen-bond acceptors (Lipinski definition) is 4. The second kappa shape index (κ2) is 10.7. The van der Waals surface area contributed by atoms with Gasteiger partial charge in [-0.05, 0) is 50.8 Å². The van der Waals surface area contributed by atoms with Crippen LogP contribution in [-0.4, -0.2) is 74.4 Å². The summed E-state index contributed by atoms with van der Waals surface area (Å²) in [6.45, 7) is 6.37. The first-order valence-electron chi connectivity index (χ1n) is 10.0. The van der Waals surface area contributed by atoms with Crippen LogP contribution in [0, 0.1) is 0 Å². The molecule has 2 heterocycles. The number of hydrogen-bond donors (Lipinski definition) is 0. The standard InChI is InChI=1S/C21H32N2O3/c24-21(18-25-17-20-10-5-16-26-20)23-13-6-12-22(14-15-23)11-4-9-19-7-2-1-3-8-19/h1-3,7-8,20H,4-6,9-18H2/t20-/m0/s1. The van der Waals surface area contributed by atoms with E-state index in [-0.39, 0.29) is 18.6 Å². The van der Waals surface area contributed by atoms with E-state index < -0.39 is 0 Å². The Balaban J connectivity index is 1.31. The molecule has 0 saturated carbocycles. The molecule has 0 aliphatic carbocycles. The second-order valence-electron chi connectivity index (χ2n) is 7.32. The van der Waals surface area contributed by atoms with Crippen LogP contribution in [0.15, 0.2) is 30.3 Å². The Morgan fingerprint density at radius 1 is 1.12 bits per heavy atom. The summed E-state index contributed by atoms with van der Waals surface area (Å²) < 4.78 is 11.1. The summed E-state index contributed by atoms with van der Waals surface area (Å²) in [5, 5.41) is 0. The molecule has 0 unspecified atom stereocenters. The van der Waals surface area contributed by atoms with Crippen molar-refractivity contribution < 1.29 is 14.3 Å². The molecule has 2 aliphatic rings. The zero-order valence-corrected chi connectivity index (χ0v) is 15.8. The van der Waals surface area contributed by atoms with Gasteiger partial charge in [-0.1, -0.05) is 30.3 Å². The van der Waals surface area contributed by atoms with Gasteiger partial charge in [0.2, 0.25) is 5.91 Å². The molecule has 2 fully saturated rings. The van der Waals surface area contributed by atoms with Gasteiger partial charge < -0.3 is 19.3 Å². The van der Waals surface area contributed by atoms with Crippen molar-refractivity contribution >= 4 is 5.91 Å². The predicted molar refractivity (Wildman–Crippen MR) is 102 cm³/mol. The summed E-state index contributed by atoms with van der Waals surface area (Å²) >= 11 is 0. The lowest BCUT2D eigenvalue weighted by Crippen LogP contribution is -2.38. The van der Waals surface area contributed by atoms with Gasteiger partial charge in [0.1, 0.15) is 6.61 Å². The van der Waals surface area contributed by atoms with Gasteiger partial charge in [-0.25, -0.2) is 0 Å². The van der Waals surface area contributed by atoms with Gasteiger partial charge in [0, 0.05) is 26.2 Å². The number of carbonyl (C=O) groups excluding carboxylic acids is 1. The van der Waals surface area contributed by atoms with E-state index in [0.717, 1.165) is 65.0 Å². The molecule has 1 amide bonds. The molecule has 1 atom stereocenters. The van der Waals surface area contributed by atoms with Gasteiger partial charge in [-0.15, -0.1) is 0 Å². The van der Waals surface area contributed by atoms with Crippen molar-refractivity contribution in [3.8, 4) is 0 Å². The van der Waals surface area contributed by atoms with Crippen LogP contribution >= 0.6 is 0 Å². The smallest absolute Gasteiger partial charge is 0.248 e.